The molecule has 130 valence electrons. The molecule has 6 heteroatoms. The molecule has 0 saturated heterocycles. The zero-order chi connectivity index (χ0) is 17.5. The van der Waals surface area contributed by atoms with E-state index in [1.54, 1.807) is 20.1 Å². The van der Waals surface area contributed by atoms with Crippen LogP contribution in [0.3, 0.4) is 0 Å². The van der Waals surface area contributed by atoms with Crippen molar-refractivity contribution in [3.8, 4) is 0 Å². The van der Waals surface area contributed by atoms with Crippen molar-refractivity contribution in [1.29, 1.82) is 0 Å². The van der Waals surface area contributed by atoms with Crippen LogP contribution in [0.15, 0.2) is 24.3 Å². The first-order valence-corrected chi connectivity index (χ1v) is 8.09. The van der Waals surface area contributed by atoms with Gasteiger partial charge in [-0.25, -0.2) is 4.79 Å². The Morgan fingerprint density at radius 3 is 2.65 bits per heavy atom. The number of hydrogen-bond donors (Lipinski definition) is 3. The molecular formula is C17H27ClN2O3. The van der Waals surface area contributed by atoms with Gasteiger partial charge in [-0.05, 0) is 36.5 Å². The minimum atomic E-state index is -0.393. The SMILES string of the molecule is COC(CNC(=O)NCC(C)(C)CC(C)O)c1cccc(Cl)c1. The normalized spacial score (nSPS) is 14.2. The van der Waals surface area contributed by atoms with Crippen molar-refractivity contribution < 1.29 is 14.6 Å². The van der Waals surface area contributed by atoms with Crippen molar-refractivity contribution in [2.45, 2.75) is 39.4 Å². The number of hydrogen-bond acceptors (Lipinski definition) is 3. The quantitative estimate of drug-likeness (QED) is 0.679. The van der Waals surface area contributed by atoms with Gasteiger partial charge in [0.05, 0.1) is 12.2 Å². The number of rotatable bonds is 8. The Balaban J connectivity index is 2.45. The third-order valence-corrected chi connectivity index (χ3v) is 3.76. The van der Waals surface area contributed by atoms with E-state index >= 15 is 0 Å². The lowest BCUT2D eigenvalue weighted by Gasteiger charge is -2.26. The fourth-order valence-electron chi connectivity index (χ4n) is 2.48. The number of methoxy groups -OCH3 is 1. The molecule has 0 heterocycles. The van der Waals surface area contributed by atoms with Gasteiger partial charge in [-0.1, -0.05) is 37.6 Å². The van der Waals surface area contributed by atoms with Crippen LogP contribution in [0.1, 0.15) is 38.9 Å². The summed E-state index contributed by atoms with van der Waals surface area (Å²) < 4.78 is 5.41. The van der Waals surface area contributed by atoms with Gasteiger partial charge in [-0.2, -0.15) is 0 Å². The number of carbonyl (C=O) groups excluding carboxylic acids is 1. The Morgan fingerprint density at radius 1 is 1.39 bits per heavy atom. The van der Waals surface area contributed by atoms with E-state index in [-0.39, 0.29) is 17.6 Å². The zero-order valence-corrected chi connectivity index (χ0v) is 15.0. The van der Waals surface area contributed by atoms with Crippen molar-refractivity contribution in [1.82, 2.24) is 10.6 Å². The molecule has 2 atom stereocenters. The topological polar surface area (TPSA) is 70.6 Å². The number of carbonyl (C=O) groups is 1. The molecule has 0 aromatic heterocycles. The van der Waals surface area contributed by atoms with Crippen molar-refractivity contribution in [3.05, 3.63) is 34.9 Å². The third-order valence-electron chi connectivity index (χ3n) is 3.53. The van der Waals surface area contributed by atoms with Crippen LogP contribution in [0.25, 0.3) is 0 Å². The highest BCUT2D eigenvalue weighted by molar-refractivity contribution is 6.30. The van der Waals surface area contributed by atoms with Crippen LogP contribution in [0, 0.1) is 5.41 Å². The minimum Gasteiger partial charge on any atom is -0.393 e. The highest BCUT2D eigenvalue weighted by Gasteiger charge is 2.21. The maximum atomic E-state index is 11.9. The van der Waals surface area contributed by atoms with Gasteiger partial charge in [0.15, 0.2) is 0 Å². The Labute approximate surface area is 143 Å². The number of halogens is 1. The fourth-order valence-corrected chi connectivity index (χ4v) is 2.68. The van der Waals surface area contributed by atoms with Crippen molar-refractivity contribution >= 4 is 17.6 Å². The second-order valence-corrected chi connectivity index (χ2v) is 7.00. The molecule has 0 spiro atoms. The van der Waals surface area contributed by atoms with E-state index in [9.17, 15) is 9.90 Å². The Bertz CT molecular complexity index is 506. The summed E-state index contributed by atoms with van der Waals surface area (Å²) in [5.41, 5.74) is 0.744. The Morgan fingerprint density at radius 2 is 2.09 bits per heavy atom. The Hall–Kier alpha value is -1.30. The molecular weight excluding hydrogens is 316 g/mol. The molecule has 1 aromatic carbocycles. The van der Waals surface area contributed by atoms with Crippen LogP contribution in [-0.2, 0) is 4.74 Å². The molecule has 0 bridgehead atoms. The van der Waals surface area contributed by atoms with Gasteiger partial charge in [0.2, 0.25) is 0 Å². The number of aliphatic hydroxyl groups excluding tert-OH is 1. The van der Waals surface area contributed by atoms with Crippen molar-refractivity contribution in [2.24, 2.45) is 5.41 Å². The van der Waals surface area contributed by atoms with E-state index in [0.29, 0.717) is 24.5 Å². The number of nitrogens with one attached hydrogen (secondary N) is 2. The predicted molar refractivity (Wildman–Crippen MR) is 92.7 cm³/mol. The second-order valence-electron chi connectivity index (χ2n) is 6.56. The predicted octanol–water partition coefficient (Wildman–Crippen LogP) is 3.12. The number of amides is 2. The molecule has 0 aliphatic heterocycles. The van der Waals surface area contributed by atoms with Crippen molar-refractivity contribution in [2.75, 3.05) is 20.2 Å². The molecule has 0 aliphatic rings. The van der Waals surface area contributed by atoms with Gasteiger partial charge in [-0.15, -0.1) is 0 Å². The summed E-state index contributed by atoms with van der Waals surface area (Å²) in [6, 6.07) is 7.12. The molecule has 3 N–H and O–H groups in total. The average molecular weight is 343 g/mol. The van der Waals surface area contributed by atoms with Gasteiger partial charge in [0, 0.05) is 25.2 Å². The first-order chi connectivity index (χ1) is 10.7. The molecule has 23 heavy (non-hydrogen) atoms. The lowest BCUT2D eigenvalue weighted by molar-refractivity contribution is 0.103. The molecule has 1 aromatic rings. The van der Waals surface area contributed by atoms with Gasteiger partial charge in [-0.3, -0.25) is 0 Å². The molecule has 5 nitrogen and oxygen atoms in total. The van der Waals surface area contributed by atoms with Crippen LogP contribution in [-0.4, -0.2) is 37.4 Å². The fraction of sp³-hybridized carbons (Fsp3) is 0.588. The van der Waals surface area contributed by atoms with E-state index in [4.69, 9.17) is 16.3 Å². The van der Waals surface area contributed by atoms with Crippen LogP contribution in [0.2, 0.25) is 5.02 Å². The first kappa shape index (κ1) is 19.7. The monoisotopic (exact) mass is 342 g/mol. The standard InChI is InChI=1S/C17H27ClN2O3/c1-12(21)9-17(2,3)11-20-16(22)19-10-15(23-4)13-6-5-7-14(18)8-13/h5-8,12,15,21H,9-11H2,1-4H3,(H2,19,20,22). The molecule has 1 rings (SSSR count). The largest absolute Gasteiger partial charge is 0.393 e. The van der Waals surface area contributed by atoms with E-state index < -0.39 is 6.10 Å². The second kappa shape index (κ2) is 9.11. The minimum absolute atomic E-state index is 0.168. The van der Waals surface area contributed by atoms with E-state index in [0.717, 1.165) is 5.56 Å². The summed E-state index contributed by atoms with van der Waals surface area (Å²) in [6.45, 7) is 6.59. The summed E-state index contributed by atoms with van der Waals surface area (Å²) in [5.74, 6) is 0. The average Bonchev–Trinajstić information content (AvgIpc) is 2.45. The van der Waals surface area contributed by atoms with E-state index in [2.05, 4.69) is 10.6 Å². The highest BCUT2D eigenvalue weighted by atomic mass is 35.5. The number of ether oxygens (including phenoxy) is 1. The summed E-state index contributed by atoms with van der Waals surface area (Å²) in [5, 5.41) is 15.7. The number of aliphatic hydroxyl groups is 1. The molecule has 2 amide bonds. The summed E-state index contributed by atoms with van der Waals surface area (Å²) in [4.78, 5) is 11.9. The van der Waals surface area contributed by atoms with E-state index in [1.807, 2.05) is 32.0 Å². The van der Waals surface area contributed by atoms with Crippen molar-refractivity contribution in [3.63, 3.8) is 0 Å². The van der Waals surface area contributed by atoms with Gasteiger partial charge in [0.1, 0.15) is 0 Å². The molecule has 2 unspecified atom stereocenters. The number of benzene rings is 1. The molecule has 0 fully saturated rings. The van der Waals surface area contributed by atoms with Gasteiger partial charge < -0.3 is 20.5 Å². The molecule has 0 radical (unpaired) electrons. The van der Waals surface area contributed by atoms with Gasteiger partial charge in [0.25, 0.3) is 0 Å². The smallest absolute Gasteiger partial charge is 0.314 e. The molecule has 0 aliphatic carbocycles. The summed E-state index contributed by atoms with van der Waals surface area (Å²) in [6.07, 6.45) is -0.0308. The lowest BCUT2D eigenvalue weighted by atomic mass is 9.87. The molecule has 0 saturated carbocycles. The number of urea groups is 1. The van der Waals surface area contributed by atoms with Crippen LogP contribution in [0.4, 0.5) is 4.79 Å². The maximum absolute atomic E-state index is 11.9. The lowest BCUT2D eigenvalue weighted by Crippen LogP contribution is -2.42. The highest BCUT2D eigenvalue weighted by Crippen LogP contribution is 2.21. The summed E-state index contributed by atoms with van der Waals surface area (Å²) in [7, 11) is 1.59. The van der Waals surface area contributed by atoms with Crippen LogP contribution >= 0.6 is 11.6 Å². The first-order valence-electron chi connectivity index (χ1n) is 7.71. The third kappa shape index (κ3) is 7.68. The maximum Gasteiger partial charge on any atom is 0.314 e. The Kier molecular flexibility index (Phi) is 7.82. The summed E-state index contributed by atoms with van der Waals surface area (Å²) >= 11 is 5.97. The van der Waals surface area contributed by atoms with E-state index in [1.165, 1.54) is 0 Å². The van der Waals surface area contributed by atoms with Crippen LogP contribution in [0.5, 0.6) is 0 Å². The van der Waals surface area contributed by atoms with Crippen LogP contribution < -0.4 is 10.6 Å². The zero-order valence-electron chi connectivity index (χ0n) is 14.2. The van der Waals surface area contributed by atoms with Gasteiger partial charge >= 0.3 is 6.03 Å².